The normalized spacial score (nSPS) is 15.8. The number of benzene rings is 1. The summed E-state index contributed by atoms with van der Waals surface area (Å²) in [5, 5.41) is 0. The molecule has 1 fully saturated rings. The minimum absolute atomic E-state index is 0.335. The number of rotatable bonds is 6. The van der Waals surface area contributed by atoms with Crippen LogP contribution in [-0.4, -0.2) is 11.9 Å². The van der Waals surface area contributed by atoms with Crippen molar-refractivity contribution in [1.82, 2.24) is 0 Å². The SMILES string of the molecule is CCC(=O)CCc1ccc(OC2CCCC2)cc1. The largest absolute Gasteiger partial charge is 0.490 e. The van der Waals surface area contributed by atoms with Gasteiger partial charge in [-0.15, -0.1) is 0 Å². The lowest BCUT2D eigenvalue weighted by Gasteiger charge is -2.13. The van der Waals surface area contributed by atoms with E-state index < -0.39 is 0 Å². The Morgan fingerprint density at radius 2 is 1.89 bits per heavy atom. The van der Waals surface area contributed by atoms with Gasteiger partial charge in [0, 0.05) is 12.8 Å². The number of ether oxygens (including phenoxy) is 1. The van der Waals surface area contributed by atoms with E-state index in [9.17, 15) is 4.79 Å². The molecule has 18 heavy (non-hydrogen) atoms. The third-order valence-corrected chi connectivity index (χ3v) is 3.62. The van der Waals surface area contributed by atoms with Crippen LogP contribution in [0.1, 0.15) is 51.0 Å². The second-order valence-electron chi connectivity index (χ2n) is 5.06. The van der Waals surface area contributed by atoms with Crippen LogP contribution in [0.5, 0.6) is 5.75 Å². The quantitative estimate of drug-likeness (QED) is 0.760. The van der Waals surface area contributed by atoms with Crippen LogP contribution in [0.2, 0.25) is 0 Å². The fraction of sp³-hybridized carbons (Fsp3) is 0.562. The lowest BCUT2D eigenvalue weighted by molar-refractivity contribution is -0.118. The van der Waals surface area contributed by atoms with E-state index in [2.05, 4.69) is 12.1 Å². The molecule has 1 aromatic carbocycles. The smallest absolute Gasteiger partial charge is 0.132 e. The van der Waals surface area contributed by atoms with Crippen LogP contribution in [-0.2, 0) is 11.2 Å². The number of Topliss-reactive ketones (excluding diaryl/α,β-unsaturated/α-hetero) is 1. The zero-order chi connectivity index (χ0) is 12.8. The van der Waals surface area contributed by atoms with Gasteiger partial charge >= 0.3 is 0 Å². The molecule has 2 heteroatoms. The van der Waals surface area contributed by atoms with E-state index >= 15 is 0 Å². The van der Waals surface area contributed by atoms with Crippen LogP contribution < -0.4 is 4.74 Å². The molecule has 2 rings (SSSR count). The maximum absolute atomic E-state index is 11.3. The molecule has 0 N–H and O–H groups in total. The zero-order valence-electron chi connectivity index (χ0n) is 11.2. The molecular formula is C16H22O2. The van der Waals surface area contributed by atoms with E-state index in [1.807, 2.05) is 19.1 Å². The molecular weight excluding hydrogens is 224 g/mol. The Morgan fingerprint density at radius 1 is 1.22 bits per heavy atom. The second kappa shape index (κ2) is 6.58. The lowest BCUT2D eigenvalue weighted by Crippen LogP contribution is -2.10. The summed E-state index contributed by atoms with van der Waals surface area (Å²) >= 11 is 0. The van der Waals surface area contributed by atoms with E-state index in [-0.39, 0.29) is 0 Å². The van der Waals surface area contributed by atoms with Gasteiger partial charge in [-0.1, -0.05) is 19.1 Å². The summed E-state index contributed by atoms with van der Waals surface area (Å²) in [6, 6.07) is 8.22. The molecule has 1 aliphatic rings. The van der Waals surface area contributed by atoms with Crippen molar-refractivity contribution >= 4 is 5.78 Å². The van der Waals surface area contributed by atoms with Gasteiger partial charge in [0.25, 0.3) is 0 Å². The summed E-state index contributed by atoms with van der Waals surface area (Å²) < 4.78 is 5.91. The molecule has 0 radical (unpaired) electrons. The van der Waals surface area contributed by atoms with Crippen LogP contribution in [0.25, 0.3) is 0 Å². The van der Waals surface area contributed by atoms with Crippen molar-refractivity contribution in [3.05, 3.63) is 29.8 Å². The Labute approximate surface area is 109 Å². The molecule has 0 amide bonds. The Morgan fingerprint density at radius 3 is 2.50 bits per heavy atom. The summed E-state index contributed by atoms with van der Waals surface area (Å²) in [4.78, 5) is 11.3. The molecule has 0 unspecified atom stereocenters. The Bertz CT molecular complexity index is 375. The fourth-order valence-electron chi connectivity index (χ4n) is 2.39. The molecule has 0 aromatic heterocycles. The third kappa shape index (κ3) is 3.86. The third-order valence-electron chi connectivity index (χ3n) is 3.62. The topological polar surface area (TPSA) is 26.3 Å². The summed E-state index contributed by atoms with van der Waals surface area (Å²) in [5.41, 5.74) is 1.22. The van der Waals surface area contributed by atoms with E-state index in [1.165, 1.54) is 31.2 Å². The summed E-state index contributed by atoms with van der Waals surface area (Å²) in [7, 11) is 0. The maximum Gasteiger partial charge on any atom is 0.132 e. The molecule has 0 saturated heterocycles. The van der Waals surface area contributed by atoms with Crippen LogP contribution in [0.4, 0.5) is 0 Å². The van der Waals surface area contributed by atoms with Crippen LogP contribution in [0, 0.1) is 0 Å². The van der Waals surface area contributed by atoms with E-state index in [4.69, 9.17) is 4.74 Å². The van der Waals surface area contributed by atoms with Crippen LogP contribution >= 0.6 is 0 Å². The summed E-state index contributed by atoms with van der Waals surface area (Å²) in [6.45, 7) is 1.92. The lowest BCUT2D eigenvalue weighted by atomic mass is 10.1. The van der Waals surface area contributed by atoms with Gasteiger partial charge in [-0.05, 0) is 49.8 Å². The fourth-order valence-corrected chi connectivity index (χ4v) is 2.39. The van der Waals surface area contributed by atoms with E-state index in [0.717, 1.165) is 12.2 Å². The standard InChI is InChI=1S/C16H22O2/c1-2-14(17)10-7-13-8-11-16(12-9-13)18-15-5-3-4-6-15/h8-9,11-12,15H,2-7,10H2,1H3. The van der Waals surface area contributed by atoms with Gasteiger partial charge in [0.05, 0.1) is 6.10 Å². The monoisotopic (exact) mass is 246 g/mol. The average Bonchev–Trinajstić information content (AvgIpc) is 2.90. The van der Waals surface area contributed by atoms with Gasteiger partial charge < -0.3 is 4.74 Å². The highest BCUT2D eigenvalue weighted by Gasteiger charge is 2.16. The highest BCUT2D eigenvalue weighted by atomic mass is 16.5. The first-order valence-electron chi connectivity index (χ1n) is 7.05. The van der Waals surface area contributed by atoms with Crippen molar-refractivity contribution in [2.75, 3.05) is 0 Å². The highest BCUT2D eigenvalue weighted by Crippen LogP contribution is 2.24. The summed E-state index contributed by atoms with van der Waals surface area (Å²) in [6.07, 6.45) is 7.51. The molecule has 1 aliphatic carbocycles. The zero-order valence-corrected chi connectivity index (χ0v) is 11.2. The first kappa shape index (κ1) is 13.1. The number of aryl methyl sites for hydroxylation is 1. The first-order valence-corrected chi connectivity index (χ1v) is 7.05. The molecule has 0 atom stereocenters. The molecule has 98 valence electrons. The van der Waals surface area contributed by atoms with Gasteiger partial charge in [0.1, 0.15) is 11.5 Å². The molecule has 0 bridgehead atoms. The Kier molecular flexibility index (Phi) is 4.80. The molecule has 1 saturated carbocycles. The maximum atomic E-state index is 11.3. The summed E-state index contributed by atoms with van der Waals surface area (Å²) in [5.74, 6) is 1.30. The van der Waals surface area contributed by atoms with Crippen molar-refractivity contribution in [3.8, 4) is 5.75 Å². The van der Waals surface area contributed by atoms with Crippen molar-refractivity contribution < 1.29 is 9.53 Å². The van der Waals surface area contributed by atoms with Gasteiger partial charge in [0.2, 0.25) is 0 Å². The number of hydrogen-bond acceptors (Lipinski definition) is 2. The molecule has 0 spiro atoms. The van der Waals surface area contributed by atoms with Crippen LogP contribution in [0.15, 0.2) is 24.3 Å². The van der Waals surface area contributed by atoms with Crippen LogP contribution in [0.3, 0.4) is 0 Å². The number of carbonyl (C=O) groups is 1. The van der Waals surface area contributed by atoms with Crippen molar-refractivity contribution in [1.29, 1.82) is 0 Å². The minimum Gasteiger partial charge on any atom is -0.490 e. The van der Waals surface area contributed by atoms with Crippen molar-refractivity contribution in [3.63, 3.8) is 0 Å². The molecule has 0 heterocycles. The first-order chi connectivity index (χ1) is 8.78. The second-order valence-corrected chi connectivity index (χ2v) is 5.06. The van der Waals surface area contributed by atoms with Gasteiger partial charge in [-0.3, -0.25) is 4.79 Å². The number of carbonyl (C=O) groups excluding carboxylic acids is 1. The Balaban J connectivity index is 1.82. The molecule has 0 aliphatic heterocycles. The average molecular weight is 246 g/mol. The van der Waals surface area contributed by atoms with Crippen molar-refractivity contribution in [2.24, 2.45) is 0 Å². The number of hydrogen-bond donors (Lipinski definition) is 0. The predicted octanol–water partition coefficient (Wildman–Crippen LogP) is 3.92. The van der Waals surface area contributed by atoms with Gasteiger partial charge in [-0.2, -0.15) is 0 Å². The minimum atomic E-state index is 0.335. The van der Waals surface area contributed by atoms with Crippen molar-refractivity contribution in [2.45, 2.75) is 58.0 Å². The number of ketones is 1. The predicted molar refractivity (Wildman–Crippen MR) is 72.9 cm³/mol. The van der Waals surface area contributed by atoms with Gasteiger partial charge in [0.15, 0.2) is 0 Å². The van der Waals surface area contributed by atoms with Gasteiger partial charge in [-0.25, -0.2) is 0 Å². The molecule has 1 aromatic rings. The molecule has 2 nitrogen and oxygen atoms in total. The highest BCUT2D eigenvalue weighted by molar-refractivity contribution is 5.78. The van der Waals surface area contributed by atoms with E-state index in [0.29, 0.717) is 24.7 Å². The Hall–Kier alpha value is -1.31. The van der Waals surface area contributed by atoms with E-state index in [1.54, 1.807) is 0 Å².